The summed E-state index contributed by atoms with van der Waals surface area (Å²) in [5.74, 6) is -0.320. The molecule has 3 aromatic rings. The van der Waals surface area contributed by atoms with Crippen LogP contribution in [0.5, 0.6) is 0 Å². The number of amides is 1. The first-order valence-electron chi connectivity index (χ1n) is 9.14. The number of nitrogens with one attached hydrogen (secondary N) is 1. The van der Waals surface area contributed by atoms with Crippen molar-refractivity contribution in [2.75, 3.05) is 11.6 Å². The van der Waals surface area contributed by atoms with Crippen molar-refractivity contribution in [1.29, 1.82) is 0 Å². The van der Waals surface area contributed by atoms with Crippen LogP contribution in [0.25, 0.3) is 10.9 Å². The summed E-state index contributed by atoms with van der Waals surface area (Å²) >= 11 is 1.58. The number of rotatable bonds is 6. The molecule has 1 heterocycles. The third kappa shape index (κ3) is 3.89. The molecular weight excluding hydrogens is 374 g/mol. The van der Waals surface area contributed by atoms with Gasteiger partial charge in [-0.2, -0.15) is 0 Å². The Morgan fingerprint density at radius 1 is 1.14 bits per heavy atom. The van der Waals surface area contributed by atoms with E-state index in [1.54, 1.807) is 42.1 Å². The number of hydrogen-bond donors (Lipinski definition) is 1. The van der Waals surface area contributed by atoms with E-state index in [0.29, 0.717) is 23.0 Å². The Hall–Kier alpha value is -2.80. The molecule has 0 unspecified atom stereocenters. The third-order valence-corrected chi connectivity index (χ3v) is 5.49. The second-order valence-electron chi connectivity index (χ2n) is 6.60. The largest absolute Gasteiger partial charge is 0.332 e. The van der Waals surface area contributed by atoms with Crippen LogP contribution in [0.1, 0.15) is 26.3 Å². The molecule has 146 valence electrons. The summed E-state index contributed by atoms with van der Waals surface area (Å²) in [6, 6.07) is 14.2. The van der Waals surface area contributed by atoms with E-state index in [2.05, 4.69) is 5.32 Å². The van der Waals surface area contributed by atoms with Crippen molar-refractivity contribution in [3.05, 3.63) is 69.4 Å². The minimum absolute atomic E-state index is 0.167. The van der Waals surface area contributed by atoms with E-state index in [1.807, 2.05) is 38.3 Å². The molecule has 0 saturated heterocycles. The molecular formula is C21H23N3O3S. The normalized spacial score (nSPS) is 12.1. The Bertz CT molecular complexity index is 1130. The molecule has 0 bridgehead atoms. The van der Waals surface area contributed by atoms with Crippen LogP contribution in [0.2, 0.25) is 0 Å². The first-order valence-corrected chi connectivity index (χ1v) is 10.4. The standard InChI is InChI=1S/C21H23N3O3S/c1-4-14(2)24-20(26)17-10-5-6-11-18(17)23(21(24)27)13-19(25)22-15-8-7-9-16(12-15)28-3/h5-12,14H,4,13H2,1-3H3,(H,22,25)/t14-/m0/s1. The summed E-state index contributed by atoms with van der Waals surface area (Å²) in [6.45, 7) is 3.58. The smallest absolute Gasteiger partial charge is 0.324 e. The van der Waals surface area contributed by atoms with Crippen molar-refractivity contribution in [2.24, 2.45) is 0 Å². The SMILES string of the molecule is CC[C@H](C)n1c(=O)c2ccccc2n(CC(=O)Nc2cccc(SC)c2)c1=O. The number of thioether (sulfide) groups is 1. The average Bonchev–Trinajstić information content (AvgIpc) is 2.71. The molecule has 0 spiro atoms. The lowest BCUT2D eigenvalue weighted by Gasteiger charge is -2.17. The molecule has 7 heteroatoms. The molecule has 0 radical (unpaired) electrons. The molecule has 0 aliphatic heterocycles. The number of carbonyl (C=O) groups is 1. The number of para-hydroxylation sites is 1. The Labute approximate surface area is 167 Å². The monoisotopic (exact) mass is 397 g/mol. The van der Waals surface area contributed by atoms with Crippen LogP contribution in [0.3, 0.4) is 0 Å². The minimum Gasteiger partial charge on any atom is -0.324 e. The highest BCUT2D eigenvalue weighted by Gasteiger charge is 2.18. The topological polar surface area (TPSA) is 73.1 Å². The van der Waals surface area contributed by atoms with Crippen molar-refractivity contribution in [1.82, 2.24) is 9.13 Å². The van der Waals surface area contributed by atoms with Crippen LogP contribution in [0, 0.1) is 0 Å². The van der Waals surface area contributed by atoms with E-state index in [0.717, 1.165) is 4.90 Å². The van der Waals surface area contributed by atoms with Gasteiger partial charge in [-0.15, -0.1) is 11.8 Å². The summed E-state index contributed by atoms with van der Waals surface area (Å²) in [4.78, 5) is 39.5. The van der Waals surface area contributed by atoms with Crippen LogP contribution < -0.4 is 16.6 Å². The minimum atomic E-state index is -0.467. The van der Waals surface area contributed by atoms with Crippen LogP contribution in [-0.2, 0) is 11.3 Å². The predicted molar refractivity (Wildman–Crippen MR) is 114 cm³/mol. The molecule has 6 nitrogen and oxygen atoms in total. The zero-order valence-electron chi connectivity index (χ0n) is 16.1. The molecule has 28 heavy (non-hydrogen) atoms. The lowest BCUT2D eigenvalue weighted by atomic mass is 10.2. The fourth-order valence-electron chi connectivity index (χ4n) is 3.11. The molecule has 1 N–H and O–H groups in total. The van der Waals surface area contributed by atoms with Crippen molar-refractivity contribution >= 4 is 34.3 Å². The number of fused-ring (bicyclic) bond motifs is 1. The second-order valence-corrected chi connectivity index (χ2v) is 7.48. The summed E-state index contributed by atoms with van der Waals surface area (Å²) < 4.78 is 2.61. The van der Waals surface area contributed by atoms with Crippen LogP contribution in [0.15, 0.2) is 63.0 Å². The van der Waals surface area contributed by atoms with Gasteiger partial charge in [0.2, 0.25) is 5.91 Å². The van der Waals surface area contributed by atoms with Gasteiger partial charge in [-0.25, -0.2) is 4.79 Å². The number of nitrogens with zero attached hydrogens (tertiary/aromatic N) is 2. The summed E-state index contributed by atoms with van der Waals surface area (Å²) in [6.07, 6.45) is 2.60. The van der Waals surface area contributed by atoms with Gasteiger partial charge in [-0.05, 0) is 49.9 Å². The first kappa shape index (κ1) is 19.9. The van der Waals surface area contributed by atoms with E-state index in [4.69, 9.17) is 0 Å². The van der Waals surface area contributed by atoms with E-state index in [-0.39, 0.29) is 24.1 Å². The molecule has 1 aromatic heterocycles. The van der Waals surface area contributed by atoms with Crippen molar-refractivity contribution < 1.29 is 4.79 Å². The van der Waals surface area contributed by atoms with Gasteiger partial charge in [0, 0.05) is 16.6 Å². The van der Waals surface area contributed by atoms with Crippen LogP contribution in [-0.4, -0.2) is 21.3 Å². The highest BCUT2D eigenvalue weighted by atomic mass is 32.2. The highest BCUT2D eigenvalue weighted by molar-refractivity contribution is 7.98. The molecule has 0 aliphatic carbocycles. The number of carbonyl (C=O) groups excluding carboxylic acids is 1. The summed E-state index contributed by atoms with van der Waals surface area (Å²) in [5.41, 5.74) is 0.347. The summed E-state index contributed by atoms with van der Waals surface area (Å²) in [7, 11) is 0. The predicted octanol–water partition coefficient (Wildman–Crippen LogP) is 3.49. The van der Waals surface area contributed by atoms with Gasteiger partial charge >= 0.3 is 5.69 Å². The van der Waals surface area contributed by atoms with Gasteiger partial charge in [-0.1, -0.05) is 25.1 Å². The van der Waals surface area contributed by atoms with Crippen LogP contribution >= 0.6 is 11.8 Å². The third-order valence-electron chi connectivity index (χ3n) is 4.77. The Morgan fingerprint density at radius 2 is 1.89 bits per heavy atom. The zero-order chi connectivity index (χ0) is 20.3. The number of aromatic nitrogens is 2. The highest BCUT2D eigenvalue weighted by Crippen LogP contribution is 2.19. The molecule has 0 fully saturated rings. The van der Waals surface area contributed by atoms with Crippen molar-refractivity contribution in [3.63, 3.8) is 0 Å². The molecule has 3 rings (SSSR count). The first-order chi connectivity index (χ1) is 13.5. The zero-order valence-corrected chi connectivity index (χ0v) is 17.0. The van der Waals surface area contributed by atoms with E-state index >= 15 is 0 Å². The fourth-order valence-corrected chi connectivity index (χ4v) is 3.57. The van der Waals surface area contributed by atoms with E-state index in [9.17, 15) is 14.4 Å². The van der Waals surface area contributed by atoms with Gasteiger partial charge in [-0.3, -0.25) is 18.7 Å². The Kier molecular flexibility index (Phi) is 6.04. The molecule has 0 aliphatic rings. The lowest BCUT2D eigenvalue weighted by molar-refractivity contribution is -0.116. The quantitative estimate of drug-likeness (QED) is 0.646. The molecule has 1 atom stereocenters. The maximum absolute atomic E-state index is 13.0. The van der Waals surface area contributed by atoms with Gasteiger partial charge in [0.1, 0.15) is 6.54 Å². The number of anilines is 1. The van der Waals surface area contributed by atoms with Gasteiger partial charge < -0.3 is 5.32 Å². The number of hydrogen-bond acceptors (Lipinski definition) is 4. The van der Waals surface area contributed by atoms with Crippen molar-refractivity contribution in [2.45, 2.75) is 37.8 Å². The molecule has 1 amide bonds. The maximum atomic E-state index is 13.0. The average molecular weight is 398 g/mol. The van der Waals surface area contributed by atoms with E-state index < -0.39 is 5.69 Å². The van der Waals surface area contributed by atoms with E-state index in [1.165, 1.54) is 9.13 Å². The molecule has 0 saturated carbocycles. The number of benzene rings is 2. The Balaban J connectivity index is 2.03. The maximum Gasteiger partial charge on any atom is 0.332 e. The Morgan fingerprint density at radius 3 is 2.61 bits per heavy atom. The fraction of sp³-hybridized carbons (Fsp3) is 0.286. The van der Waals surface area contributed by atoms with Gasteiger partial charge in [0.25, 0.3) is 5.56 Å². The van der Waals surface area contributed by atoms with Gasteiger partial charge in [0.15, 0.2) is 0 Å². The molecule has 2 aromatic carbocycles. The van der Waals surface area contributed by atoms with Gasteiger partial charge in [0.05, 0.1) is 10.9 Å². The second kappa shape index (κ2) is 8.48. The lowest BCUT2D eigenvalue weighted by Crippen LogP contribution is -2.43. The summed E-state index contributed by atoms with van der Waals surface area (Å²) in [5, 5.41) is 3.27. The van der Waals surface area contributed by atoms with Crippen LogP contribution in [0.4, 0.5) is 5.69 Å². The van der Waals surface area contributed by atoms with Crippen molar-refractivity contribution in [3.8, 4) is 0 Å².